The van der Waals surface area contributed by atoms with Gasteiger partial charge in [-0.2, -0.15) is 0 Å². The Balaban J connectivity index is 1.76. The second kappa shape index (κ2) is 6.48. The largest absolute Gasteiger partial charge is 0.396 e. The molecule has 4 aromatic rings. The van der Waals surface area contributed by atoms with Gasteiger partial charge in [0.05, 0.1) is 5.69 Å². The summed E-state index contributed by atoms with van der Waals surface area (Å²) < 4.78 is 0. The topological polar surface area (TPSA) is 77.8 Å². The molecule has 0 saturated heterocycles. The highest BCUT2D eigenvalue weighted by molar-refractivity contribution is 5.95. The molecule has 4 N–H and O–H groups in total. The van der Waals surface area contributed by atoms with Crippen LogP contribution >= 0.6 is 0 Å². The van der Waals surface area contributed by atoms with Crippen LogP contribution < -0.4 is 11.5 Å². The monoisotopic (exact) mass is 340 g/mol. The van der Waals surface area contributed by atoms with E-state index in [9.17, 15) is 0 Å². The van der Waals surface area contributed by atoms with Crippen LogP contribution in [0.2, 0.25) is 0 Å². The van der Waals surface area contributed by atoms with E-state index in [1.807, 2.05) is 31.5 Å². The van der Waals surface area contributed by atoms with E-state index >= 15 is 0 Å². The summed E-state index contributed by atoms with van der Waals surface area (Å²) in [4.78, 5) is 8.61. The van der Waals surface area contributed by atoms with Gasteiger partial charge in [0.1, 0.15) is 5.82 Å². The number of nitrogens with two attached hydrogens (primary N) is 2. The number of benzene rings is 2. The van der Waals surface area contributed by atoms with Gasteiger partial charge in [-0.05, 0) is 41.5 Å². The van der Waals surface area contributed by atoms with Crippen molar-refractivity contribution in [3.63, 3.8) is 0 Å². The number of hydrogen-bond donors (Lipinski definition) is 2. The summed E-state index contributed by atoms with van der Waals surface area (Å²) in [6, 6.07) is 18.8. The second-order valence-electron chi connectivity index (χ2n) is 6.51. The third kappa shape index (κ3) is 2.97. The minimum Gasteiger partial charge on any atom is -0.396 e. The molecule has 0 aliphatic heterocycles. The van der Waals surface area contributed by atoms with Crippen molar-refractivity contribution in [1.29, 1.82) is 0 Å². The van der Waals surface area contributed by atoms with Crippen LogP contribution in [-0.2, 0) is 6.42 Å². The van der Waals surface area contributed by atoms with Gasteiger partial charge in [0.2, 0.25) is 0 Å². The summed E-state index contributed by atoms with van der Waals surface area (Å²) in [5.41, 5.74) is 17.9. The number of pyridine rings is 2. The van der Waals surface area contributed by atoms with Crippen LogP contribution in [0.5, 0.6) is 0 Å². The molecule has 2 aromatic heterocycles. The predicted octanol–water partition coefficient (Wildman–Crippen LogP) is 4.36. The van der Waals surface area contributed by atoms with E-state index in [-0.39, 0.29) is 0 Å². The number of anilines is 2. The van der Waals surface area contributed by atoms with E-state index in [0.29, 0.717) is 17.9 Å². The van der Waals surface area contributed by atoms with Crippen LogP contribution in [0, 0.1) is 6.92 Å². The van der Waals surface area contributed by atoms with Crippen LogP contribution in [0.25, 0.3) is 21.9 Å². The Morgan fingerprint density at radius 2 is 1.77 bits per heavy atom. The lowest BCUT2D eigenvalue weighted by atomic mass is 9.96. The maximum absolute atomic E-state index is 6.13. The molecule has 4 rings (SSSR count). The van der Waals surface area contributed by atoms with E-state index in [2.05, 4.69) is 52.4 Å². The van der Waals surface area contributed by atoms with Gasteiger partial charge in [0.15, 0.2) is 0 Å². The van der Waals surface area contributed by atoms with E-state index in [4.69, 9.17) is 11.5 Å². The van der Waals surface area contributed by atoms with Gasteiger partial charge in [-0.15, -0.1) is 0 Å². The molecule has 4 nitrogen and oxygen atoms in total. The van der Waals surface area contributed by atoms with E-state index < -0.39 is 0 Å². The first-order valence-electron chi connectivity index (χ1n) is 8.55. The number of aryl methyl sites for hydroxylation is 1. The summed E-state index contributed by atoms with van der Waals surface area (Å²) in [5.74, 6) is 0.398. The third-order valence-electron chi connectivity index (χ3n) is 4.60. The Labute approximate surface area is 152 Å². The minimum atomic E-state index is 0.398. The molecule has 0 bridgehead atoms. The van der Waals surface area contributed by atoms with Gasteiger partial charge in [-0.3, -0.25) is 4.98 Å². The summed E-state index contributed by atoms with van der Waals surface area (Å²) in [6.07, 6.45) is 4.53. The lowest BCUT2D eigenvalue weighted by Crippen LogP contribution is -2.04. The first-order valence-corrected chi connectivity index (χ1v) is 8.55. The molecule has 0 saturated carbocycles. The van der Waals surface area contributed by atoms with Crippen molar-refractivity contribution >= 4 is 22.3 Å². The van der Waals surface area contributed by atoms with Crippen molar-refractivity contribution in [2.24, 2.45) is 0 Å². The fourth-order valence-electron chi connectivity index (χ4n) is 3.34. The van der Waals surface area contributed by atoms with Gasteiger partial charge in [-0.1, -0.05) is 48.5 Å². The number of aromatic nitrogens is 2. The smallest absolute Gasteiger partial charge is 0.147 e. The van der Waals surface area contributed by atoms with Crippen LogP contribution in [0.3, 0.4) is 0 Å². The first kappa shape index (κ1) is 16.1. The SMILES string of the molecule is Cc1cc(Cc2cccc(-c3cncc4ccccc34)c2)c(N)c(N)n1. The Bertz CT molecular complexity index is 1100. The summed E-state index contributed by atoms with van der Waals surface area (Å²) >= 11 is 0. The molecule has 0 aliphatic carbocycles. The quantitative estimate of drug-likeness (QED) is 0.581. The first-order chi connectivity index (χ1) is 12.6. The van der Waals surface area contributed by atoms with Gasteiger partial charge >= 0.3 is 0 Å². The number of fused-ring (bicyclic) bond motifs is 1. The number of nitrogen functional groups attached to an aromatic ring is 2. The molecule has 128 valence electrons. The third-order valence-corrected chi connectivity index (χ3v) is 4.60. The Hall–Kier alpha value is -3.40. The summed E-state index contributed by atoms with van der Waals surface area (Å²) in [6.45, 7) is 1.93. The van der Waals surface area contributed by atoms with Crippen molar-refractivity contribution < 1.29 is 0 Å². The highest BCUT2D eigenvalue weighted by atomic mass is 14.9. The fourth-order valence-corrected chi connectivity index (χ4v) is 3.34. The molecule has 2 aromatic carbocycles. The van der Waals surface area contributed by atoms with Crippen molar-refractivity contribution in [2.75, 3.05) is 11.5 Å². The van der Waals surface area contributed by atoms with Crippen LogP contribution in [0.15, 0.2) is 67.0 Å². The molecule has 0 radical (unpaired) electrons. The highest BCUT2D eigenvalue weighted by Gasteiger charge is 2.09. The Morgan fingerprint density at radius 3 is 2.65 bits per heavy atom. The Kier molecular flexibility index (Phi) is 4.01. The van der Waals surface area contributed by atoms with Crippen molar-refractivity contribution in [3.05, 3.63) is 83.8 Å². The highest BCUT2D eigenvalue weighted by Crippen LogP contribution is 2.29. The molecular formula is C22H20N4. The molecule has 0 spiro atoms. The molecule has 0 unspecified atom stereocenters. The molecule has 0 aliphatic rings. The molecule has 4 heteroatoms. The van der Waals surface area contributed by atoms with Crippen LogP contribution in [0.1, 0.15) is 16.8 Å². The van der Waals surface area contributed by atoms with Gasteiger partial charge in [0, 0.05) is 29.0 Å². The zero-order valence-electron chi connectivity index (χ0n) is 14.6. The lowest BCUT2D eigenvalue weighted by Gasteiger charge is -2.11. The molecule has 0 fully saturated rings. The maximum Gasteiger partial charge on any atom is 0.147 e. The average molecular weight is 340 g/mol. The molecule has 0 atom stereocenters. The number of nitrogens with zero attached hydrogens (tertiary/aromatic N) is 2. The summed E-state index contributed by atoms with van der Waals surface area (Å²) in [7, 11) is 0. The maximum atomic E-state index is 6.13. The second-order valence-corrected chi connectivity index (χ2v) is 6.51. The minimum absolute atomic E-state index is 0.398. The number of rotatable bonds is 3. The van der Waals surface area contributed by atoms with E-state index in [1.54, 1.807) is 0 Å². The zero-order chi connectivity index (χ0) is 18.1. The molecule has 0 amide bonds. The normalized spacial score (nSPS) is 11.0. The average Bonchev–Trinajstić information content (AvgIpc) is 2.65. The van der Waals surface area contributed by atoms with Gasteiger partial charge in [-0.25, -0.2) is 4.98 Å². The predicted molar refractivity (Wildman–Crippen MR) is 108 cm³/mol. The van der Waals surface area contributed by atoms with Crippen molar-refractivity contribution in [1.82, 2.24) is 9.97 Å². The molecule has 2 heterocycles. The zero-order valence-corrected chi connectivity index (χ0v) is 14.6. The Morgan fingerprint density at radius 1 is 0.923 bits per heavy atom. The molecular weight excluding hydrogens is 320 g/mol. The van der Waals surface area contributed by atoms with Crippen LogP contribution in [0.4, 0.5) is 11.5 Å². The van der Waals surface area contributed by atoms with Crippen molar-refractivity contribution in [2.45, 2.75) is 13.3 Å². The van der Waals surface area contributed by atoms with Crippen LogP contribution in [-0.4, -0.2) is 9.97 Å². The van der Waals surface area contributed by atoms with E-state index in [0.717, 1.165) is 27.8 Å². The van der Waals surface area contributed by atoms with Crippen molar-refractivity contribution in [3.8, 4) is 11.1 Å². The number of hydrogen-bond acceptors (Lipinski definition) is 4. The standard InChI is InChI=1S/C22H20N4/c1-14-9-18(21(23)22(24)26-14)11-15-5-4-7-16(10-15)20-13-25-12-17-6-2-3-8-19(17)20/h2-10,12-13H,11,23H2,1H3,(H2,24,26). The van der Waals surface area contributed by atoms with Gasteiger partial charge < -0.3 is 11.5 Å². The fraction of sp³-hybridized carbons (Fsp3) is 0.0909. The summed E-state index contributed by atoms with van der Waals surface area (Å²) in [5, 5.41) is 2.33. The molecule has 26 heavy (non-hydrogen) atoms. The van der Waals surface area contributed by atoms with E-state index in [1.165, 1.54) is 10.9 Å². The lowest BCUT2D eigenvalue weighted by molar-refractivity contribution is 1.13. The van der Waals surface area contributed by atoms with Gasteiger partial charge in [0.25, 0.3) is 0 Å².